The summed E-state index contributed by atoms with van der Waals surface area (Å²) in [4.78, 5) is 23.8. The summed E-state index contributed by atoms with van der Waals surface area (Å²) in [5.41, 5.74) is 4.54. The van der Waals surface area contributed by atoms with Crippen molar-refractivity contribution in [3.63, 3.8) is 0 Å². The molecule has 3 N–H and O–H groups in total. The molecule has 0 spiro atoms. The van der Waals surface area contributed by atoms with Crippen LogP contribution in [0.2, 0.25) is 0 Å². The molecule has 0 radical (unpaired) electrons. The largest absolute Gasteiger partial charge is 0.481 e. The molecular formula is C11H20N2O4. The van der Waals surface area contributed by atoms with E-state index in [9.17, 15) is 9.59 Å². The van der Waals surface area contributed by atoms with E-state index in [1.54, 1.807) is 20.8 Å². The average molecular weight is 244 g/mol. The van der Waals surface area contributed by atoms with E-state index in [2.05, 4.69) is 0 Å². The molecule has 0 aromatic rings. The van der Waals surface area contributed by atoms with Gasteiger partial charge in [-0.25, -0.2) is 4.79 Å². The summed E-state index contributed by atoms with van der Waals surface area (Å²) in [5, 5.41) is 8.77. The van der Waals surface area contributed by atoms with Crippen LogP contribution in [0.5, 0.6) is 0 Å². The Morgan fingerprint density at radius 3 is 2.29 bits per heavy atom. The number of amides is 1. The van der Waals surface area contributed by atoms with Crippen molar-refractivity contribution in [2.75, 3.05) is 19.6 Å². The molecule has 98 valence electrons. The van der Waals surface area contributed by atoms with Crippen LogP contribution in [0.15, 0.2) is 0 Å². The van der Waals surface area contributed by atoms with E-state index < -0.39 is 23.1 Å². The van der Waals surface area contributed by atoms with Crippen LogP contribution in [0, 0.1) is 5.41 Å². The van der Waals surface area contributed by atoms with Crippen molar-refractivity contribution in [2.45, 2.75) is 32.8 Å². The van der Waals surface area contributed by atoms with Gasteiger partial charge in [-0.05, 0) is 20.8 Å². The summed E-state index contributed by atoms with van der Waals surface area (Å²) in [6.45, 7) is 6.34. The van der Waals surface area contributed by atoms with E-state index in [1.165, 1.54) is 4.90 Å². The average Bonchev–Trinajstić information content (AvgIpc) is 2.06. The summed E-state index contributed by atoms with van der Waals surface area (Å²) in [6.07, 6.45) is -0.421. The Morgan fingerprint density at radius 2 is 1.94 bits per heavy atom. The number of aliphatic carboxylic acids is 1. The zero-order valence-corrected chi connectivity index (χ0v) is 10.5. The highest BCUT2D eigenvalue weighted by Crippen LogP contribution is 2.33. The lowest BCUT2D eigenvalue weighted by molar-refractivity contribution is -0.143. The van der Waals surface area contributed by atoms with E-state index in [0.29, 0.717) is 13.1 Å². The minimum atomic E-state index is -0.890. The molecule has 1 rings (SSSR count). The van der Waals surface area contributed by atoms with Crippen molar-refractivity contribution in [3.05, 3.63) is 0 Å². The molecule has 1 aliphatic heterocycles. The Labute approximate surface area is 101 Å². The number of hydrogen-bond acceptors (Lipinski definition) is 4. The second-order valence-electron chi connectivity index (χ2n) is 5.61. The summed E-state index contributed by atoms with van der Waals surface area (Å²) in [7, 11) is 0. The highest BCUT2D eigenvalue weighted by atomic mass is 16.6. The summed E-state index contributed by atoms with van der Waals surface area (Å²) < 4.78 is 5.18. The van der Waals surface area contributed by atoms with E-state index in [-0.39, 0.29) is 13.0 Å². The standard InChI is InChI=1S/C11H20N2O4/c1-10(2,3)17-9(16)13-6-11(5-12,7-13)4-8(14)15/h4-7,12H2,1-3H3,(H,14,15). The molecule has 6 heteroatoms. The monoisotopic (exact) mass is 244 g/mol. The van der Waals surface area contributed by atoms with Crippen LogP contribution in [0.1, 0.15) is 27.2 Å². The van der Waals surface area contributed by atoms with E-state index in [0.717, 1.165) is 0 Å². The van der Waals surface area contributed by atoms with Crippen LogP contribution >= 0.6 is 0 Å². The number of likely N-dealkylation sites (tertiary alicyclic amines) is 1. The van der Waals surface area contributed by atoms with Gasteiger partial charge in [-0.2, -0.15) is 0 Å². The van der Waals surface area contributed by atoms with Crippen LogP contribution in [0.3, 0.4) is 0 Å². The maximum Gasteiger partial charge on any atom is 0.410 e. The summed E-state index contributed by atoms with van der Waals surface area (Å²) >= 11 is 0. The first-order valence-electron chi connectivity index (χ1n) is 5.57. The summed E-state index contributed by atoms with van der Waals surface area (Å²) in [6, 6.07) is 0. The predicted molar refractivity (Wildman–Crippen MR) is 61.5 cm³/mol. The van der Waals surface area contributed by atoms with Gasteiger partial charge in [-0.3, -0.25) is 4.79 Å². The van der Waals surface area contributed by atoms with Crippen molar-refractivity contribution in [2.24, 2.45) is 11.1 Å². The van der Waals surface area contributed by atoms with Gasteiger partial charge in [-0.15, -0.1) is 0 Å². The van der Waals surface area contributed by atoms with Crippen molar-refractivity contribution in [1.82, 2.24) is 4.90 Å². The minimum Gasteiger partial charge on any atom is -0.481 e. The fourth-order valence-electron chi connectivity index (χ4n) is 1.85. The number of nitrogens with zero attached hydrogens (tertiary/aromatic N) is 1. The SMILES string of the molecule is CC(C)(C)OC(=O)N1CC(CN)(CC(=O)O)C1. The van der Waals surface area contributed by atoms with Crippen LogP contribution < -0.4 is 5.73 Å². The molecule has 0 atom stereocenters. The molecule has 0 aromatic heterocycles. The number of rotatable bonds is 3. The second kappa shape index (κ2) is 4.52. The third-order valence-corrected chi connectivity index (χ3v) is 2.66. The fraction of sp³-hybridized carbons (Fsp3) is 0.818. The van der Waals surface area contributed by atoms with Gasteiger partial charge in [0.2, 0.25) is 0 Å². The number of ether oxygens (including phenoxy) is 1. The lowest BCUT2D eigenvalue weighted by Crippen LogP contribution is -2.62. The van der Waals surface area contributed by atoms with Crippen LogP contribution in [-0.4, -0.2) is 47.3 Å². The third-order valence-electron chi connectivity index (χ3n) is 2.66. The van der Waals surface area contributed by atoms with Crippen LogP contribution in [0.4, 0.5) is 4.79 Å². The molecule has 0 aliphatic carbocycles. The Balaban J connectivity index is 2.49. The first-order chi connectivity index (χ1) is 7.67. The van der Waals surface area contributed by atoms with Gasteiger partial charge < -0.3 is 20.5 Å². The molecule has 1 aliphatic rings. The Bertz CT molecular complexity index is 316. The number of nitrogens with two attached hydrogens (primary N) is 1. The second-order valence-corrected chi connectivity index (χ2v) is 5.61. The minimum absolute atomic E-state index is 0.0111. The number of carboxylic acid groups (broad SMARTS) is 1. The molecule has 1 amide bonds. The molecule has 17 heavy (non-hydrogen) atoms. The van der Waals surface area contributed by atoms with Crippen LogP contribution in [0.25, 0.3) is 0 Å². The predicted octanol–water partition coefficient (Wildman–Crippen LogP) is 0.657. The van der Waals surface area contributed by atoms with Gasteiger partial charge >= 0.3 is 12.1 Å². The molecule has 1 heterocycles. The van der Waals surface area contributed by atoms with Crippen molar-refractivity contribution in [3.8, 4) is 0 Å². The fourth-order valence-corrected chi connectivity index (χ4v) is 1.85. The van der Waals surface area contributed by atoms with Gasteiger partial charge in [0.15, 0.2) is 0 Å². The van der Waals surface area contributed by atoms with Crippen molar-refractivity contribution in [1.29, 1.82) is 0 Å². The van der Waals surface area contributed by atoms with Gasteiger partial charge in [0.1, 0.15) is 5.60 Å². The summed E-state index contributed by atoms with van der Waals surface area (Å²) in [5.74, 6) is -0.890. The molecular weight excluding hydrogens is 224 g/mol. The smallest absolute Gasteiger partial charge is 0.410 e. The topological polar surface area (TPSA) is 92.9 Å². The Hall–Kier alpha value is -1.30. The third kappa shape index (κ3) is 3.59. The molecule has 0 bridgehead atoms. The van der Waals surface area contributed by atoms with Gasteiger partial charge in [0.25, 0.3) is 0 Å². The first-order valence-corrected chi connectivity index (χ1v) is 5.57. The first kappa shape index (κ1) is 13.8. The van der Waals surface area contributed by atoms with E-state index in [4.69, 9.17) is 15.6 Å². The number of hydrogen-bond donors (Lipinski definition) is 2. The zero-order valence-electron chi connectivity index (χ0n) is 10.5. The highest BCUT2D eigenvalue weighted by Gasteiger charge is 2.46. The lowest BCUT2D eigenvalue weighted by atomic mass is 9.77. The highest BCUT2D eigenvalue weighted by molar-refractivity contribution is 5.72. The molecule has 6 nitrogen and oxygen atoms in total. The molecule has 0 aromatic carbocycles. The van der Waals surface area contributed by atoms with Gasteiger partial charge in [-0.1, -0.05) is 0 Å². The Morgan fingerprint density at radius 1 is 1.41 bits per heavy atom. The van der Waals surface area contributed by atoms with Gasteiger partial charge in [0.05, 0.1) is 6.42 Å². The van der Waals surface area contributed by atoms with Crippen LogP contribution in [-0.2, 0) is 9.53 Å². The number of carboxylic acids is 1. The molecule has 1 fully saturated rings. The van der Waals surface area contributed by atoms with Crippen molar-refractivity contribution < 1.29 is 19.4 Å². The van der Waals surface area contributed by atoms with Gasteiger partial charge in [0, 0.05) is 25.0 Å². The molecule has 0 saturated carbocycles. The molecule has 0 unspecified atom stereocenters. The normalized spacial score (nSPS) is 18.5. The maximum atomic E-state index is 11.6. The van der Waals surface area contributed by atoms with E-state index in [1.807, 2.05) is 0 Å². The zero-order chi connectivity index (χ0) is 13.3. The lowest BCUT2D eigenvalue weighted by Gasteiger charge is -2.48. The Kier molecular flexibility index (Phi) is 3.66. The van der Waals surface area contributed by atoms with E-state index >= 15 is 0 Å². The quantitative estimate of drug-likeness (QED) is 0.760. The number of carbonyl (C=O) groups excluding carboxylic acids is 1. The molecule has 1 saturated heterocycles. The maximum absolute atomic E-state index is 11.6. The van der Waals surface area contributed by atoms with Crippen molar-refractivity contribution >= 4 is 12.1 Å². The number of carbonyl (C=O) groups is 2.